The number of hydrogen-bond acceptors (Lipinski definition) is 2. The molecule has 1 amide bonds. The maximum atomic E-state index is 10.6. The van der Waals surface area contributed by atoms with Crippen LogP contribution in [0.25, 0.3) is 0 Å². The minimum absolute atomic E-state index is 0.0846. The summed E-state index contributed by atoms with van der Waals surface area (Å²) in [7, 11) is 0. The Morgan fingerprint density at radius 1 is 1.33 bits per heavy atom. The third-order valence-corrected chi connectivity index (χ3v) is 2.20. The van der Waals surface area contributed by atoms with Crippen LogP contribution >= 0.6 is 0 Å². The van der Waals surface area contributed by atoms with Crippen LogP contribution in [-0.4, -0.2) is 40.3 Å². The summed E-state index contributed by atoms with van der Waals surface area (Å²) in [4.78, 5) is 22.2. The predicted molar refractivity (Wildman–Crippen MR) is 39.9 cm³/mol. The number of nitrogens with zero attached hydrogens (tertiary/aromatic N) is 1. The van der Waals surface area contributed by atoms with Crippen LogP contribution < -0.4 is 0 Å². The monoisotopic (exact) mass is 173 g/mol. The summed E-state index contributed by atoms with van der Waals surface area (Å²) in [5.74, 6) is -1.54. The first-order chi connectivity index (χ1) is 5.52. The zero-order valence-electron chi connectivity index (χ0n) is 6.73. The fourth-order valence-corrected chi connectivity index (χ4v) is 1.44. The Morgan fingerprint density at radius 3 is 2.17 bits per heavy atom. The lowest BCUT2D eigenvalue weighted by Crippen LogP contribution is -2.28. The molecular weight excluding hydrogens is 162 g/mol. The third kappa shape index (κ3) is 1.49. The molecule has 1 saturated heterocycles. The Kier molecular flexibility index (Phi) is 2.21. The second-order valence-electron chi connectivity index (χ2n) is 3.11. The van der Waals surface area contributed by atoms with Crippen molar-refractivity contribution in [3.05, 3.63) is 0 Å². The molecule has 1 aliphatic rings. The van der Waals surface area contributed by atoms with E-state index < -0.39 is 18.0 Å². The number of carbonyl (C=O) groups is 2. The van der Waals surface area contributed by atoms with Crippen LogP contribution in [0.2, 0.25) is 0 Å². The lowest BCUT2D eigenvalue weighted by Gasteiger charge is -2.09. The van der Waals surface area contributed by atoms with E-state index in [2.05, 4.69) is 0 Å². The molecule has 0 aromatic heterocycles. The van der Waals surface area contributed by atoms with E-state index in [0.717, 1.165) is 4.90 Å². The standard InChI is InChI=1S/C7H11NO4/c1-4-2-8(7(11)12)3-5(4)6(9)10/h4-5H,2-3H2,1H3,(H,9,10)(H,11,12)/t4-,5-/m1/s1. The van der Waals surface area contributed by atoms with Crippen LogP contribution in [0.4, 0.5) is 4.79 Å². The van der Waals surface area contributed by atoms with Gasteiger partial charge in [0.1, 0.15) is 0 Å². The van der Waals surface area contributed by atoms with E-state index in [4.69, 9.17) is 10.2 Å². The van der Waals surface area contributed by atoms with Gasteiger partial charge >= 0.3 is 12.1 Å². The van der Waals surface area contributed by atoms with Gasteiger partial charge in [-0.15, -0.1) is 0 Å². The maximum absolute atomic E-state index is 10.6. The van der Waals surface area contributed by atoms with Gasteiger partial charge in [0.05, 0.1) is 5.92 Å². The smallest absolute Gasteiger partial charge is 0.407 e. The molecule has 1 fully saturated rings. The molecule has 0 spiro atoms. The molecule has 0 aliphatic carbocycles. The van der Waals surface area contributed by atoms with Gasteiger partial charge in [0.15, 0.2) is 0 Å². The van der Waals surface area contributed by atoms with Gasteiger partial charge in [-0.3, -0.25) is 4.79 Å². The number of rotatable bonds is 1. The highest BCUT2D eigenvalue weighted by Gasteiger charge is 2.36. The second-order valence-corrected chi connectivity index (χ2v) is 3.11. The molecule has 12 heavy (non-hydrogen) atoms. The van der Waals surface area contributed by atoms with Crippen molar-refractivity contribution in [1.82, 2.24) is 4.90 Å². The summed E-state index contributed by atoms with van der Waals surface area (Å²) in [6, 6.07) is 0. The van der Waals surface area contributed by atoms with E-state index in [0.29, 0.717) is 6.54 Å². The number of likely N-dealkylation sites (tertiary alicyclic amines) is 1. The van der Waals surface area contributed by atoms with Crippen molar-refractivity contribution in [2.75, 3.05) is 13.1 Å². The normalized spacial score (nSPS) is 28.9. The molecule has 0 radical (unpaired) electrons. The van der Waals surface area contributed by atoms with Gasteiger partial charge in [-0.2, -0.15) is 0 Å². The summed E-state index contributed by atoms with van der Waals surface area (Å²) in [5.41, 5.74) is 0. The molecule has 0 bridgehead atoms. The minimum Gasteiger partial charge on any atom is -0.481 e. The molecule has 1 rings (SSSR count). The van der Waals surface area contributed by atoms with Gasteiger partial charge in [0, 0.05) is 13.1 Å². The molecule has 2 atom stereocenters. The van der Waals surface area contributed by atoms with Crippen LogP contribution in [-0.2, 0) is 4.79 Å². The topological polar surface area (TPSA) is 77.8 Å². The van der Waals surface area contributed by atoms with Crippen molar-refractivity contribution in [2.24, 2.45) is 11.8 Å². The molecule has 2 N–H and O–H groups in total. The quantitative estimate of drug-likeness (QED) is 0.598. The molecule has 0 unspecified atom stereocenters. The zero-order valence-corrected chi connectivity index (χ0v) is 6.73. The third-order valence-electron chi connectivity index (χ3n) is 2.20. The first-order valence-corrected chi connectivity index (χ1v) is 3.73. The number of aliphatic carboxylic acids is 1. The van der Waals surface area contributed by atoms with Crippen molar-refractivity contribution >= 4 is 12.1 Å². The Labute approximate surface area is 69.6 Å². The molecule has 0 aromatic carbocycles. The van der Waals surface area contributed by atoms with Crippen molar-refractivity contribution in [3.8, 4) is 0 Å². The van der Waals surface area contributed by atoms with Crippen molar-refractivity contribution < 1.29 is 19.8 Å². The lowest BCUT2D eigenvalue weighted by atomic mass is 9.99. The van der Waals surface area contributed by atoms with Crippen LogP contribution in [0.15, 0.2) is 0 Å². The summed E-state index contributed by atoms with van der Waals surface area (Å²) in [5, 5.41) is 17.2. The lowest BCUT2D eigenvalue weighted by molar-refractivity contribution is -0.142. The highest BCUT2D eigenvalue weighted by Crippen LogP contribution is 2.22. The van der Waals surface area contributed by atoms with Crippen molar-refractivity contribution in [1.29, 1.82) is 0 Å². The minimum atomic E-state index is -1.04. The van der Waals surface area contributed by atoms with Gasteiger partial charge in [0.25, 0.3) is 0 Å². The summed E-state index contributed by atoms with van der Waals surface area (Å²) in [6.45, 7) is 2.19. The Bertz CT molecular complexity index is 215. The summed E-state index contributed by atoms with van der Waals surface area (Å²) >= 11 is 0. The van der Waals surface area contributed by atoms with Gasteiger partial charge < -0.3 is 15.1 Å². The molecule has 5 heteroatoms. The van der Waals surface area contributed by atoms with E-state index in [1.165, 1.54) is 0 Å². The highest BCUT2D eigenvalue weighted by atomic mass is 16.4. The van der Waals surface area contributed by atoms with E-state index >= 15 is 0 Å². The van der Waals surface area contributed by atoms with Crippen LogP contribution in [0.3, 0.4) is 0 Å². The largest absolute Gasteiger partial charge is 0.481 e. The molecule has 5 nitrogen and oxygen atoms in total. The molecule has 0 aromatic rings. The van der Waals surface area contributed by atoms with Crippen LogP contribution in [0.5, 0.6) is 0 Å². The average molecular weight is 173 g/mol. The Hall–Kier alpha value is -1.26. The first kappa shape index (κ1) is 8.83. The van der Waals surface area contributed by atoms with E-state index in [1.807, 2.05) is 0 Å². The molecule has 68 valence electrons. The number of hydrogen-bond donors (Lipinski definition) is 2. The van der Waals surface area contributed by atoms with E-state index in [9.17, 15) is 9.59 Å². The zero-order chi connectivity index (χ0) is 9.30. The summed E-state index contributed by atoms with van der Waals surface area (Å²) in [6.07, 6.45) is -1.04. The van der Waals surface area contributed by atoms with Crippen molar-refractivity contribution in [2.45, 2.75) is 6.92 Å². The van der Waals surface area contributed by atoms with Crippen molar-refractivity contribution in [3.63, 3.8) is 0 Å². The van der Waals surface area contributed by atoms with Crippen LogP contribution in [0.1, 0.15) is 6.92 Å². The maximum Gasteiger partial charge on any atom is 0.407 e. The van der Waals surface area contributed by atoms with E-state index in [1.54, 1.807) is 6.92 Å². The average Bonchev–Trinajstić information content (AvgIpc) is 2.30. The number of carboxylic acid groups (broad SMARTS) is 2. The Morgan fingerprint density at radius 2 is 1.92 bits per heavy atom. The Balaban J connectivity index is 2.62. The first-order valence-electron chi connectivity index (χ1n) is 3.73. The SMILES string of the molecule is C[C@@H]1CN(C(=O)O)C[C@H]1C(=O)O. The van der Waals surface area contributed by atoms with Gasteiger partial charge in [-0.1, -0.05) is 6.92 Å². The van der Waals surface area contributed by atoms with Gasteiger partial charge in [-0.05, 0) is 5.92 Å². The molecule has 0 saturated carbocycles. The molecular formula is C7H11NO4. The van der Waals surface area contributed by atoms with Crippen LogP contribution in [0, 0.1) is 11.8 Å². The van der Waals surface area contributed by atoms with Gasteiger partial charge in [0.2, 0.25) is 0 Å². The highest BCUT2D eigenvalue weighted by molar-refractivity contribution is 5.73. The second kappa shape index (κ2) is 3.00. The van der Waals surface area contributed by atoms with E-state index in [-0.39, 0.29) is 12.5 Å². The predicted octanol–water partition coefficient (Wildman–Crippen LogP) is 0.317. The number of amides is 1. The summed E-state index contributed by atoms with van der Waals surface area (Å²) < 4.78 is 0. The number of carboxylic acids is 1. The van der Waals surface area contributed by atoms with Gasteiger partial charge in [-0.25, -0.2) is 4.79 Å². The molecule has 1 aliphatic heterocycles. The molecule has 1 heterocycles. The fourth-order valence-electron chi connectivity index (χ4n) is 1.44. The fraction of sp³-hybridized carbons (Fsp3) is 0.714.